The molecule has 1 saturated heterocycles. The molecule has 1 heterocycles. The lowest BCUT2D eigenvalue weighted by atomic mass is 9.46. The van der Waals surface area contributed by atoms with Crippen LogP contribution in [-0.4, -0.2) is 42.3 Å². The number of ketones is 2. The monoisotopic (exact) mass is 526 g/mol. The quantitative estimate of drug-likeness (QED) is 0.290. The molecule has 4 fully saturated rings. The van der Waals surface area contributed by atoms with Crippen LogP contribution in [0.5, 0.6) is 0 Å². The van der Waals surface area contributed by atoms with Crippen molar-refractivity contribution in [3.05, 3.63) is 23.5 Å². The Labute approximate surface area is 225 Å². The SMILES string of the molecule is CC(=O)OC[C@H](C)/C=C1\O[C@H]2C[C@H]3[C@@H]4CC=C5C[C@@H](OC(C)=O)CC[C@]5(C)[C@H]4CC(=O)[C@]3(C)[C@H]2[C@H](C)C1=O. The van der Waals surface area contributed by atoms with Gasteiger partial charge in [-0.25, -0.2) is 0 Å². The number of allylic oxidation sites excluding steroid dienone is 2. The molecular weight excluding hydrogens is 484 g/mol. The molecule has 0 amide bonds. The van der Waals surface area contributed by atoms with Gasteiger partial charge in [-0.1, -0.05) is 39.3 Å². The summed E-state index contributed by atoms with van der Waals surface area (Å²) < 4.78 is 17.1. The van der Waals surface area contributed by atoms with Crippen molar-refractivity contribution in [2.24, 2.45) is 46.3 Å². The maximum absolute atomic E-state index is 14.1. The van der Waals surface area contributed by atoms with E-state index >= 15 is 0 Å². The van der Waals surface area contributed by atoms with Crippen molar-refractivity contribution >= 4 is 23.5 Å². The molecule has 0 N–H and O–H groups in total. The van der Waals surface area contributed by atoms with Gasteiger partial charge in [0.15, 0.2) is 11.5 Å². The van der Waals surface area contributed by atoms with Gasteiger partial charge in [0.2, 0.25) is 0 Å². The maximum Gasteiger partial charge on any atom is 0.302 e. The average Bonchev–Trinajstić information content (AvgIpc) is 3.15. The molecule has 3 saturated carbocycles. The minimum atomic E-state index is -0.577. The van der Waals surface area contributed by atoms with Gasteiger partial charge in [0, 0.05) is 49.9 Å². The fourth-order valence-corrected chi connectivity index (χ4v) is 8.97. The third-order valence-corrected chi connectivity index (χ3v) is 10.8. The van der Waals surface area contributed by atoms with Gasteiger partial charge >= 0.3 is 11.9 Å². The van der Waals surface area contributed by atoms with Crippen LogP contribution in [0.1, 0.15) is 80.1 Å². The lowest BCUT2D eigenvalue weighted by Crippen LogP contribution is -2.56. The molecule has 0 aromatic heterocycles. The Morgan fingerprint density at radius 1 is 1.16 bits per heavy atom. The molecule has 0 bridgehead atoms. The van der Waals surface area contributed by atoms with Crippen LogP contribution in [0.2, 0.25) is 0 Å². The van der Waals surface area contributed by atoms with Crippen LogP contribution in [-0.2, 0) is 33.4 Å². The van der Waals surface area contributed by atoms with E-state index in [-0.39, 0.29) is 77.3 Å². The molecule has 4 aliphatic carbocycles. The minimum absolute atomic E-state index is 0.0562. The van der Waals surface area contributed by atoms with Crippen molar-refractivity contribution in [3.63, 3.8) is 0 Å². The first-order valence-corrected chi connectivity index (χ1v) is 14.3. The summed E-state index contributed by atoms with van der Waals surface area (Å²) >= 11 is 0. The molecule has 208 valence electrons. The van der Waals surface area contributed by atoms with Gasteiger partial charge in [0.05, 0.1) is 6.61 Å². The fraction of sp³-hybridized carbons (Fsp3) is 0.742. The summed E-state index contributed by atoms with van der Waals surface area (Å²) in [5.74, 6) is 0.202. The molecule has 5 rings (SSSR count). The number of hydrogen-bond acceptors (Lipinski definition) is 7. The molecule has 5 aliphatic rings. The number of hydrogen-bond donors (Lipinski definition) is 0. The van der Waals surface area contributed by atoms with Crippen LogP contribution in [0.4, 0.5) is 0 Å². The van der Waals surface area contributed by atoms with Crippen LogP contribution in [0.15, 0.2) is 23.5 Å². The van der Waals surface area contributed by atoms with Crippen molar-refractivity contribution in [3.8, 4) is 0 Å². The molecule has 10 atom stereocenters. The van der Waals surface area contributed by atoms with E-state index in [2.05, 4.69) is 19.9 Å². The average molecular weight is 527 g/mol. The van der Waals surface area contributed by atoms with Crippen molar-refractivity contribution in [2.75, 3.05) is 6.61 Å². The molecule has 0 radical (unpaired) electrons. The van der Waals surface area contributed by atoms with Gasteiger partial charge < -0.3 is 14.2 Å². The smallest absolute Gasteiger partial charge is 0.302 e. The van der Waals surface area contributed by atoms with Gasteiger partial charge in [0.1, 0.15) is 18.0 Å². The highest BCUT2D eigenvalue weighted by molar-refractivity contribution is 5.97. The van der Waals surface area contributed by atoms with Crippen LogP contribution >= 0.6 is 0 Å². The Kier molecular flexibility index (Phi) is 6.88. The van der Waals surface area contributed by atoms with E-state index in [1.165, 1.54) is 19.4 Å². The number of ether oxygens (including phenoxy) is 3. The number of carbonyl (C=O) groups is 4. The summed E-state index contributed by atoms with van der Waals surface area (Å²) in [5.41, 5.74) is 0.700. The van der Waals surface area contributed by atoms with Crippen molar-refractivity contribution in [1.29, 1.82) is 0 Å². The van der Waals surface area contributed by atoms with Crippen LogP contribution in [0, 0.1) is 46.3 Å². The summed E-state index contributed by atoms with van der Waals surface area (Å²) in [6.45, 7) is 11.3. The third kappa shape index (κ3) is 4.24. The molecule has 38 heavy (non-hydrogen) atoms. The van der Waals surface area contributed by atoms with Crippen molar-refractivity contribution in [2.45, 2.75) is 92.3 Å². The number of fused-ring (bicyclic) bond motifs is 7. The largest absolute Gasteiger partial charge is 0.487 e. The summed E-state index contributed by atoms with van der Waals surface area (Å²) in [4.78, 5) is 50.3. The van der Waals surface area contributed by atoms with Gasteiger partial charge in [-0.2, -0.15) is 0 Å². The van der Waals surface area contributed by atoms with Crippen molar-refractivity contribution < 1.29 is 33.4 Å². The van der Waals surface area contributed by atoms with E-state index in [4.69, 9.17) is 14.2 Å². The van der Waals surface area contributed by atoms with E-state index < -0.39 is 5.41 Å². The predicted octanol–water partition coefficient (Wildman–Crippen LogP) is 4.97. The standard InChI is InChI=1S/C31H42O7/c1-16(15-36-18(3)32)11-26-29(35)17(2)28-25(38-26)13-24-22-8-7-20-12-21(37-19(4)33)9-10-30(20,5)23(22)14-27(34)31(24,28)6/h7,11,16-17,21-25,28H,8-10,12-15H2,1-6H3/b26-11-/t16-,17+,21+,22-,23+,24+,25+,28+,30+,31-/m1/s1. The molecule has 7 nitrogen and oxygen atoms in total. The second kappa shape index (κ2) is 9.63. The molecule has 0 unspecified atom stereocenters. The Hall–Kier alpha value is -2.44. The number of rotatable bonds is 4. The van der Waals surface area contributed by atoms with Crippen LogP contribution in [0.3, 0.4) is 0 Å². The minimum Gasteiger partial charge on any atom is -0.487 e. The highest BCUT2D eigenvalue weighted by Gasteiger charge is 2.68. The van der Waals surface area contributed by atoms with Gasteiger partial charge in [-0.15, -0.1) is 0 Å². The first kappa shape index (κ1) is 27.1. The van der Waals surface area contributed by atoms with E-state index in [0.717, 1.165) is 32.1 Å². The molecule has 0 aromatic rings. The first-order chi connectivity index (χ1) is 17.9. The fourth-order valence-electron chi connectivity index (χ4n) is 8.97. The zero-order valence-electron chi connectivity index (χ0n) is 23.6. The third-order valence-electron chi connectivity index (χ3n) is 10.8. The molecule has 1 aliphatic heterocycles. The first-order valence-electron chi connectivity index (χ1n) is 14.3. The highest BCUT2D eigenvalue weighted by Crippen LogP contribution is 2.67. The van der Waals surface area contributed by atoms with Gasteiger partial charge in [-0.3, -0.25) is 19.2 Å². The van der Waals surface area contributed by atoms with Crippen LogP contribution in [0.25, 0.3) is 0 Å². The van der Waals surface area contributed by atoms with E-state index in [1.807, 2.05) is 13.8 Å². The summed E-state index contributed by atoms with van der Waals surface area (Å²) in [7, 11) is 0. The van der Waals surface area contributed by atoms with E-state index in [9.17, 15) is 19.2 Å². The number of carbonyl (C=O) groups excluding carboxylic acids is 4. The molecule has 0 spiro atoms. The number of Topliss-reactive ketones (excluding diaryl/α,β-unsaturated/α-hetero) is 2. The normalized spacial score (nSPS) is 43.6. The Morgan fingerprint density at radius 2 is 1.89 bits per heavy atom. The molecule has 0 aromatic carbocycles. The lowest BCUT2D eigenvalue weighted by Gasteiger charge is -2.57. The Balaban J connectivity index is 1.40. The Bertz CT molecular complexity index is 1100. The van der Waals surface area contributed by atoms with E-state index in [1.54, 1.807) is 6.08 Å². The summed E-state index contributed by atoms with van der Waals surface area (Å²) in [6, 6.07) is 0. The van der Waals surface area contributed by atoms with E-state index in [0.29, 0.717) is 18.1 Å². The number of esters is 2. The summed E-state index contributed by atoms with van der Waals surface area (Å²) in [6.07, 6.45) is 8.63. The predicted molar refractivity (Wildman–Crippen MR) is 139 cm³/mol. The highest BCUT2D eigenvalue weighted by atomic mass is 16.5. The topological polar surface area (TPSA) is 96.0 Å². The van der Waals surface area contributed by atoms with Crippen LogP contribution < -0.4 is 0 Å². The zero-order chi connectivity index (χ0) is 27.6. The summed E-state index contributed by atoms with van der Waals surface area (Å²) in [5, 5.41) is 0. The molecule has 7 heteroatoms. The lowest BCUT2D eigenvalue weighted by molar-refractivity contribution is -0.154. The van der Waals surface area contributed by atoms with Crippen molar-refractivity contribution in [1.82, 2.24) is 0 Å². The van der Waals surface area contributed by atoms with Gasteiger partial charge in [-0.05, 0) is 54.9 Å². The zero-order valence-corrected chi connectivity index (χ0v) is 23.6. The second-order valence-electron chi connectivity index (χ2n) is 13.0. The van der Waals surface area contributed by atoms with Gasteiger partial charge in [0.25, 0.3) is 0 Å². The Morgan fingerprint density at radius 3 is 2.58 bits per heavy atom. The second-order valence-corrected chi connectivity index (χ2v) is 13.0. The molecular formula is C31H42O7. The maximum atomic E-state index is 14.1.